The number of halogens is 1. The predicted octanol–water partition coefficient (Wildman–Crippen LogP) is 2.22. The maximum Gasteiger partial charge on any atom is 0.283 e. The molecular formula is C11H15BrN2O3. The van der Waals surface area contributed by atoms with Crippen LogP contribution in [0.2, 0.25) is 0 Å². The molecule has 0 aliphatic rings. The summed E-state index contributed by atoms with van der Waals surface area (Å²) in [5, 5.41) is 22.7. The number of aliphatic hydroxyl groups is 1. The Balaban J connectivity index is 2.66. The fourth-order valence-electron chi connectivity index (χ4n) is 1.40. The van der Waals surface area contributed by atoms with Crippen LogP contribution in [0.5, 0.6) is 0 Å². The van der Waals surface area contributed by atoms with E-state index in [1.165, 1.54) is 0 Å². The van der Waals surface area contributed by atoms with Gasteiger partial charge >= 0.3 is 0 Å². The van der Waals surface area contributed by atoms with Gasteiger partial charge in [-0.1, -0.05) is 6.07 Å². The van der Waals surface area contributed by atoms with E-state index in [2.05, 4.69) is 21.2 Å². The molecule has 0 aliphatic heterocycles. The number of benzene rings is 1. The molecule has 0 aromatic heterocycles. The Bertz CT molecular complexity index is 398. The summed E-state index contributed by atoms with van der Waals surface area (Å²) >= 11 is 3.14. The van der Waals surface area contributed by atoms with Crippen molar-refractivity contribution in [1.82, 2.24) is 5.32 Å². The fourth-order valence-corrected chi connectivity index (χ4v) is 1.79. The van der Waals surface area contributed by atoms with Crippen molar-refractivity contribution >= 4 is 21.6 Å². The van der Waals surface area contributed by atoms with Gasteiger partial charge in [-0.25, -0.2) is 0 Å². The zero-order valence-corrected chi connectivity index (χ0v) is 11.1. The van der Waals surface area contributed by atoms with Crippen molar-refractivity contribution in [2.75, 3.05) is 6.61 Å². The van der Waals surface area contributed by atoms with E-state index in [1.54, 1.807) is 12.1 Å². The third-order valence-corrected chi connectivity index (χ3v) is 3.09. The van der Waals surface area contributed by atoms with Crippen LogP contribution in [0, 0.1) is 10.1 Å². The van der Waals surface area contributed by atoms with E-state index in [0.717, 1.165) is 5.56 Å². The Labute approximate surface area is 108 Å². The van der Waals surface area contributed by atoms with E-state index >= 15 is 0 Å². The van der Waals surface area contributed by atoms with E-state index in [9.17, 15) is 10.1 Å². The fraction of sp³-hybridized carbons (Fsp3) is 0.455. The Hall–Kier alpha value is -0.980. The van der Waals surface area contributed by atoms with Crippen molar-refractivity contribution in [1.29, 1.82) is 0 Å². The third-order valence-electron chi connectivity index (χ3n) is 2.42. The van der Waals surface area contributed by atoms with Crippen molar-refractivity contribution in [2.45, 2.75) is 25.9 Å². The first-order valence-electron chi connectivity index (χ1n) is 5.31. The van der Waals surface area contributed by atoms with Crippen molar-refractivity contribution in [2.24, 2.45) is 0 Å². The van der Waals surface area contributed by atoms with E-state index in [4.69, 9.17) is 5.11 Å². The molecule has 0 aliphatic carbocycles. The van der Waals surface area contributed by atoms with Crippen LogP contribution in [0.15, 0.2) is 22.7 Å². The first-order valence-corrected chi connectivity index (χ1v) is 6.11. The number of nitrogens with one attached hydrogen (secondary N) is 1. The third kappa shape index (κ3) is 4.41. The van der Waals surface area contributed by atoms with Gasteiger partial charge in [0.05, 0.1) is 9.40 Å². The van der Waals surface area contributed by atoms with E-state index in [-0.39, 0.29) is 18.3 Å². The number of nitro benzene ring substituents is 1. The number of nitro groups is 1. The van der Waals surface area contributed by atoms with Crippen LogP contribution in [0.4, 0.5) is 5.69 Å². The molecule has 0 saturated heterocycles. The van der Waals surface area contributed by atoms with Crippen molar-refractivity contribution in [3.05, 3.63) is 38.3 Å². The summed E-state index contributed by atoms with van der Waals surface area (Å²) in [6.45, 7) is 2.65. The van der Waals surface area contributed by atoms with Crippen molar-refractivity contribution < 1.29 is 10.0 Å². The summed E-state index contributed by atoms with van der Waals surface area (Å²) in [7, 11) is 0. The topological polar surface area (TPSA) is 75.4 Å². The summed E-state index contributed by atoms with van der Waals surface area (Å²) in [6, 6.07) is 5.23. The lowest BCUT2D eigenvalue weighted by Crippen LogP contribution is -2.26. The molecule has 1 rings (SSSR count). The van der Waals surface area contributed by atoms with Gasteiger partial charge in [-0.15, -0.1) is 0 Å². The minimum Gasteiger partial charge on any atom is -0.396 e. The highest BCUT2D eigenvalue weighted by molar-refractivity contribution is 9.10. The second-order valence-electron chi connectivity index (χ2n) is 3.84. The Kier molecular flexibility index (Phi) is 5.54. The predicted molar refractivity (Wildman–Crippen MR) is 68.8 cm³/mol. The molecule has 0 radical (unpaired) electrons. The van der Waals surface area contributed by atoms with Gasteiger partial charge in [0, 0.05) is 25.3 Å². The van der Waals surface area contributed by atoms with Gasteiger partial charge in [-0.2, -0.15) is 0 Å². The van der Waals surface area contributed by atoms with Gasteiger partial charge in [0.2, 0.25) is 0 Å². The van der Waals surface area contributed by atoms with Crippen molar-refractivity contribution in [3.63, 3.8) is 0 Å². The normalized spacial score (nSPS) is 12.4. The molecule has 0 heterocycles. The summed E-state index contributed by atoms with van der Waals surface area (Å²) in [5.74, 6) is 0. The molecular weight excluding hydrogens is 288 g/mol. The maximum atomic E-state index is 10.7. The second-order valence-corrected chi connectivity index (χ2v) is 4.69. The molecule has 94 valence electrons. The van der Waals surface area contributed by atoms with E-state index in [1.807, 2.05) is 13.0 Å². The van der Waals surface area contributed by atoms with Crippen LogP contribution in [0.1, 0.15) is 18.9 Å². The molecule has 0 fully saturated rings. The van der Waals surface area contributed by atoms with Crippen LogP contribution in [0.25, 0.3) is 0 Å². The molecule has 0 saturated carbocycles. The molecule has 5 nitrogen and oxygen atoms in total. The monoisotopic (exact) mass is 302 g/mol. The van der Waals surface area contributed by atoms with Gasteiger partial charge in [-0.3, -0.25) is 10.1 Å². The lowest BCUT2D eigenvalue weighted by Gasteiger charge is -2.12. The van der Waals surface area contributed by atoms with Crippen molar-refractivity contribution in [3.8, 4) is 0 Å². The number of aliphatic hydroxyl groups excluding tert-OH is 1. The van der Waals surface area contributed by atoms with Gasteiger partial charge < -0.3 is 10.4 Å². The Morgan fingerprint density at radius 3 is 2.88 bits per heavy atom. The van der Waals surface area contributed by atoms with Gasteiger partial charge in [-0.05, 0) is 40.9 Å². The minimum atomic E-state index is -0.412. The smallest absolute Gasteiger partial charge is 0.283 e. The zero-order chi connectivity index (χ0) is 12.8. The highest BCUT2D eigenvalue weighted by Gasteiger charge is 2.12. The standard InChI is InChI=1S/C11H15BrN2O3/c1-8(4-5-15)13-7-9-2-3-10(12)11(6-9)14(16)17/h2-3,6,8,13,15H,4-5,7H2,1H3. The summed E-state index contributed by atoms with van der Waals surface area (Å²) in [4.78, 5) is 10.3. The zero-order valence-electron chi connectivity index (χ0n) is 9.52. The summed E-state index contributed by atoms with van der Waals surface area (Å²) in [5.41, 5.74) is 0.920. The first kappa shape index (κ1) is 14.1. The summed E-state index contributed by atoms with van der Waals surface area (Å²) < 4.78 is 0.481. The molecule has 1 atom stereocenters. The molecule has 0 bridgehead atoms. The quantitative estimate of drug-likeness (QED) is 0.624. The molecule has 17 heavy (non-hydrogen) atoms. The number of nitrogens with zero attached hydrogens (tertiary/aromatic N) is 1. The van der Waals surface area contributed by atoms with Crippen LogP contribution in [-0.2, 0) is 6.54 Å². The van der Waals surface area contributed by atoms with Gasteiger partial charge in [0.1, 0.15) is 0 Å². The largest absolute Gasteiger partial charge is 0.396 e. The number of hydrogen-bond donors (Lipinski definition) is 2. The van der Waals surface area contributed by atoms with Gasteiger partial charge in [0.15, 0.2) is 0 Å². The van der Waals surface area contributed by atoms with Crippen LogP contribution >= 0.6 is 15.9 Å². The first-order chi connectivity index (χ1) is 8.04. The molecule has 0 spiro atoms. The maximum absolute atomic E-state index is 10.7. The molecule has 2 N–H and O–H groups in total. The molecule has 1 aromatic carbocycles. The van der Waals surface area contributed by atoms with E-state index in [0.29, 0.717) is 17.4 Å². The SMILES string of the molecule is CC(CCO)NCc1ccc(Br)c([N+](=O)[O-])c1. The van der Waals surface area contributed by atoms with Crippen LogP contribution in [0.3, 0.4) is 0 Å². The average Bonchev–Trinajstić information content (AvgIpc) is 2.28. The Morgan fingerprint density at radius 2 is 2.29 bits per heavy atom. The highest BCUT2D eigenvalue weighted by atomic mass is 79.9. The average molecular weight is 303 g/mol. The Morgan fingerprint density at radius 1 is 1.59 bits per heavy atom. The van der Waals surface area contributed by atoms with E-state index < -0.39 is 4.92 Å². The lowest BCUT2D eigenvalue weighted by atomic mass is 10.2. The number of rotatable bonds is 6. The second kappa shape index (κ2) is 6.68. The minimum absolute atomic E-state index is 0.0686. The van der Waals surface area contributed by atoms with Gasteiger partial charge in [0.25, 0.3) is 5.69 Å². The van der Waals surface area contributed by atoms with Crippen LogP contribution < -0.4 is 5.32 Å². The molecule has 6 heteroatoms. The highest BCUT2D eigenvalue weighted by Crippen LogP contribution is 2.25. The van der Waals surface area contributed by atoms with Crippen LogP contribution in [-0.4, -0.2) is 22.7 Å². The number of hydrogen-bond acceptors (Lipinski definition) is 4. The molecule has 0 amide bonds. The molecule has 1 aromatic rings. The summed E-state index contributed by atoms with van der Waals surface area (Å²) in [6.07, 6.45) is 0.665. The molecule has 1 unspecified atom stereocenters. The lowest BCUT2D eigenvalue weighted by molar-refractivity contribution is -0.385.